The van der Waals surface area contributed by atoms with E-state index in [0.29, 0.717) is 10.9 Å². The van der Waals surface area contributed by atoms with Crippen molar-refractivity contribution in [2.45, 2.75) is 44.3 Å². The lowest BCUT2D eigenvalue weighted by Gasteiger charge is -2.22. The highest BCUT2D eigenvalue weighted by molar-refractivity contribution is 6.30. The maximum atomic E-state index is 11.5. The summed E-state index contributed by atoms with van der Waals surface area (Å²) in [6, 6.07) is 6.44. The number of aliphatic carboxylic acids is 1. The minimum atomic E-state index is -0.864. The summed E-state index contributed by atoms with van der Waals surface area (Å²) in [5, 5.41) is 13.2. The zero-order chi connectivity index (χ0) is 14.9. The lowest BCUT2D eigenvalue weighted by molar-refractivity contribution is -0.139. The number of carbonyl (C=O) groups is 1. The molecule has 1 saturated heterocycles. The number of hydrogen-bond donors (Lipinski definition) is 3. The van der Waals surface area contributed by atoms with E-state index in [0.717, 1.165) is 12.0 Å². The standard InChI is InChI=1S/C15H21ClN2O2/c1-8(2)6-11-13(17)12(14(18-11)15(19)20)9-4-3-5-10(16)7-9/h3-5,7-8,11-14,18H,6,17H2,1-2H3,(H,19,20)/t11-,12+,13?,14+/m0/s1. The molecule has 0 aromatic heterocycles. The monoisotopic (exact) mass is 296 g/mol. The van der Waals surface area contributed by atoms with Crippen molar-refractivity contribution in [3.63, 3.8) is 0 Å². The molecule has 1 aromatic carbocycles. The fourth-order valence-corrected chi connectivity index (χ4v) is 3.20. The molecule has 0 spiro atoms. The van der Waals surface area contributed by atoms with Gasteiger partial charge in [0.2, 0.25) is 0 Å². The van der Waals surface area contributed by atoms with Crippen molar-refractivity contribution in [1.82, 2.24) is 5.32 Å². The van der Waals surface area contributed by atoms with Crippen molar-refractivity contribution >= 4 is 17.6 Å². The quantitative estimate of drug-likeness (QED) is 0.796. The van der Waals surface area contributed by atoms with Gasteiger partial charge in [0.25, 0.3) is 0 Å². The molecule has 1 heterocycles. The van der Waals surface area contributed by atoms with E-state index < -0.39 is 12.0 Å². The van der Waals surface area contributed by atoms with Crippen LogP contribution >= 0.6 is 11.6 Å². The molecular weight excluding hydrogens is 276 g/mol. The zero-order valence-electron chi connectivity index (χ0n) is 11.7. The third kappa shape index (κ3) is 3.14. The molecule has 0 radical (unpaired) electrons. The minimum absolute atomic E-state index is 0.0140. The number of halogens is 1. The molecule has 1 aromatic rings. The summed E-state index contributed by atoms with van der Waals surface area (Å²) in [7, 11) is 0. The Kier molecular flexibility index (Phi) is 4.68. The largest absolute Gasteiger partial charge is 0.480 e. The van der Waals surface area contributed by atoms with E-state index in [1.54, 1.807) is 6.07 Å². The fraction of sp³-hybridized carbons (Fsp3) is 0.533. The van der Waals surface area contributed by atoms with E-state index in [1.807, 2.05) is 18.2 Å². The smallest absolute Gasteiger partial charge is 0.321 e. The van der Waals surface area contributed by atoms with Crippen molar-refractivity contribution in [2.75, 3.05) is 0 Å². The van der Waals surface area contributed by atoms with Crippen LogP contribution in [0.2, 0.25) is 5.02 Å². The van der Waals surface area contributed by atoms with Crippen LogP contribution in [0.1, 0.15) is 31.7 Å². The van der Waals surface area contributed by atoms with Gasteiger partial charge in [0, 0.05) is 23.0 Å². The molecule has 1 fully saturated rings. The van der Waals surface area contributed by atoms with Crippen molar-refractivity contribution in [2.24, 2.45) is 11.7 Å². The summed E-state index contributed by atoms with van der Waals surface area (Å²) in [4.78, 5) is 11.5. The summed E-state index contributed by atoms with van der Waals surface area (Å²) >= 11 is 6.01. The maximum absolute atomic E-state index is 11.5. The third-order valence-electron chi connectivity index (χ3n) is 3.86. The van der Waals surface area contributed by atoms with Crippen LogP contribution in [0, 0.1) is 5.92 Å². The number of carboxylic acid groups (broad SMARTS) is 1. The van der Waals surface area contributed by atoms with Crippen molar-refractivity contribution in [1.29, 1.82) is 0 Å². The molecule has 0 bridgehead atoms. The molecule has 1 aliphatic heterocycles. The van der Waals surface area contributed by atoms with Crippen LogP contribution in [0.15, 0.2) is 24.3 Å². The van der Waals surface area contributed by atoms with E-state index >= 15 is 0 Å². The van der Waals surface area contributed by atoms with Gasteiger partial charge in [-0.05, 0) is 30.0 Å². The summed E-state index contributed by atoms with van der Waals surface area (Å²) in [5.41, 5.74) is 7.20. The molecule has 20 heavy (non-hydrogen) atoms. The molecule has 0 aliphatic carbocycles. The number of rotatable bonds is 4. The average Bonchev–Trinajstić information content (AvgIpc) is 2.66. The first kappa shape index (κ1) is 15.3. The van der Waals surface area contributed by atoms with Gasteiger partial charge in [0.15, 0.2) is 0 Å². The number of benzene rings is 1. The summed E-state index contributed by atoms with van der Waals surface area (Å²) in [5.74, 6) is -0.655. The van der Waals surface area contributed by atoms with E-state index in [-0.39, 0.29) is 18.0 Å². The Morgan fingerprint density at radius 1 is 1.50 bits per heavy atom. The topological polar surface area (TPSA) is 75.3 Å². The lowest BCUT2D eigenvalue weighted by atomic mass is 9.85. The molecule has 2 rings (SSSR count). The predicted octanol–water partition coefficient (Wildman–Crippen LogP) is 2.22. The molecule has 4 atom stereocenters. The van der Waals surface area contributed by atoms with Gasteiger partial charge >= 0.3 is 5.97 Å². The molecule has 4 N–H and O–H groups in total. The van der Waals surface area contributed by atoms with Crippen LogP contribution in [-0.4, -0.2) is 29.2 Å². The van der Waals surface area contributed by atoms with Gasteiger partial charge in [0.05, 0.1) is 0 Å². The first-order valence-electron chi connectivity index (χ1n) is 6.90. The van der Waals surface area contributed by atoms with Crippen LogP contribution in [0.3, 0.4) is 0 Å². The van der Waals surface area contributed by atoms with Gasteiger partial charge < -0.3 is 10.8 Å². The highest BCUT2D eigenvalue weighted by Crippen LogP contribution is 2.33. The highest BCUT2D eigenvalue weighted by Gasteiger charge is 2.45. The second-order valence-corrected chi connectivity index (χ2v) is 6.31. The lowest BCUT2D eigenvalue weighted by Crippen LogP contribution is -2.40. The second kappa shape index (κ2) is 6.12. The first-order chi connectivity index (χ1) is 9.40. The van der Waals surface area contributed by atoms with Gasteiger partial charge in [-0.3, -0.25) is 10.1 Å². The van der Waals surface area contributed by atoms with E-state index in [2.05, 4.69) is 19.2 Å². The Morgan fingerprint density at radius 3 is 2.75 bits per heavy atom. The molecule has 0 amide bonds. The Labute approximate surface area is 124 Å². The summed E-state index contributed by atoms with van der Waals surface area (Å²) in [6.45, 7) is 4.22. The summed E-state index contributed by atoms with van der Waals surface area (Å²) in [6.07, 6.45) is 0.863. The van der Waals surface area contributed by atoms with Gasteiger partial charge in [-0.2, -0.15) is 0 Å². The van der Waals surface area contributed by atoms with Crippen molar-refractivity contribution in [3.05, 3.63) is 34.9 Å². The van der Waals surface area contributed by atoms with E-state index in [9.17, 15) is 9.90 Å². The average molecular weight is 297 g/mol. The third-order valence-corrected chi connectivity index (χ3v) is 4.09. The predicted molar refractivity (Wildman–Crippen MR) is 80.0 cm³/mol. The molecular formula is C15H21ClN2O2. The van der Waals surface area contributed by atoms with Gasteiger partial charge in [-0.25, -0.2) is 0 Å². The normalized spacial score (nSPS) is 29.9. The van der Waals surface area contributed by atoms with Gasteiger partial charge in [-0.1, -0.05) is 37.6 Å². The molecule has 1 aliphatic rings. The Morgan fingerprint density at radius 2 is 2.20 bits per heavy atom. The zero-order valence-corrected chi connectivity index (χ0v) is 12.5. The number of nitrogens with one attached hydrogen (secondary N) is 1. The fourth-order valence-electron chi connectivity index (χ4n) is 3.00. The molecule has 110 valence electrons. The number of nitrogens with two attached hydrogens (primary N) is 1. The SMILES string of the molecule is CC(C)C[C@@H]1N[C@@H](C(=O)O)[C@H](c2cccc(Cl)c2)C1N. The van der Waals surface area contributed by atoms with Crippen LogP contribution in [0.25, 0.3) is 0 Å². The van der Waals surface area contributed by atoms with Crippen molar-refractivity contribution in [3.8, 4) is 0 Å². The van der Waals surface area contributed by atoms with Crippen LogP contribution in [0.4, 0.5) is 0 Å². The Balaban J connectivity index is 2.30. The van der Waals surface area contributed by atoms with E-state index in [1.165, 1.54) is 0 Å². The molecule has 1 unspecified atom stereocenters. The number of hydrogen-bond acceptors (Lipinski definition) is 3. The minimum Gasteiger partial charge on any atom is -0.480 e. The first-order valence-corrected chi connectivity index (χ1v) is 7.28. The number of carboxylic acids is 1. The van der Waals surface area contributed by atoms with Gasteiger partial charge in [0.1, 0.15) is 6.04 Å². The molecule has 4 nitrogen and oxygen atoms in total. The van der Waals surface area contributed by atoms with Crippen LogP contribution in [-0.2, 0) is 4.79 Å². The second-order valence-electron chi connectivity index (χ2n) is 5.88. The van der Waals surface area contributed by atoms with Gasteiger partial charge in [-0.15, -0.1) is 0 Å². The van der Waals surface area contributed by atoms with Crippen molar-refractivity contribution < 1.29 is 9.90 Å². The van der Waals surface area contributed by atoms with E-state index in [4.69, 9.17) is 17.3 Å². The Hall–Kier alpha value is -1.10. The van der Waals surface area contributed by atoms with Crippen LogP contribution in [0.5, 0.6) is 0 Å². The Bertz CT molecular complexity index is 493. The maximum Gasteiger partial charge on any atom is 0.321 e. The van der Waals surface area contributed by atoms with Crippen LogP contribution < -0.4 is 11.1 Å². The highest BCUT2D eigenvalue weighted by atomic mass is 35.5. The summed E-state index contributed by atoms with van der Waals surface area (Å²) < 4.78 is 0. The molecule has 0 saturated carbocycles. The molecule has 5 heteroatoms.